The second kappa shape index (κ2) is 7.07. The van der Waals surface area contributed by atoms with Crippen LogP contribution in [0.15, 0.2) is 4.52 Å². The van der Waals surface area contributed by atoms with E-state index in [-0.39, 0.29) is 12.4 Å². The molecule has 1 N–H and O–H groups in total. The molecule has 1 aliphatic heterocycles. The van der Waals surface area contributed by atoms with Crippen LogP contribution in [-0.4, -0.2) is 40.7 Å². The summed E-state index contributed by atoms with van der Waals surface area (Å²) in [5.74, 6) is 2.15. The van der Waals surface area contributed by atoms with Crippen molar-refractivity contribution in [3.63, 3.8) is 0 Å². The zero-order valence-electron chi connectivity index (χ0n) is 11.3. The molecule has 2 rings (SSSR count). The largest absolute Gasteiger partial charge is 0.338 e. The Hall–Kier alpha value is -0.650. The zero-order valence-corrected chi connectivity index (χ0v) is 12.2. The van der Waals surface area contributed by atoms with Crippen LogP contribution in [0.25, 0.3) is 0 Å². The predicted octanol–water partition coefficient (Wildman–Crippen LogP) is 1.48. The molecule has 18 heavy (non-hydrogen) atoms. The lowest BCUT2D eigenvalue weighted by Crippen LogP contribution is -2.48. The van der Waals surface area contributed by atoms with Gasteiger partial charge in [-0.25, -0.2) is 0 Å². The fourth-order valence-corrected chi connectivity index (χ4v) is 2.15. The summed E-state index contributed by atoms with van der Waals surface area (Å²) < 4.78 is 5.28. The number of nitrogens with one attached hydrogen (secondary N) is 1. The molecular formula is C12H23ClN4O. The summed E-state index contributed by atoms with van der Waals surface area (Å²) in [6.45, 7) is 10.4. The van der Waals surface area contributed by atoms with E-state index in [1.807, 2.05) is 0 Å². The summed E-state index contributed by atoms with van der Waals surface area (Å²) in [4.78, 5) is 6.78. The molecule has 1 aliphatic rings. The van der Waals surface area contributed by atoms with Crippen LogP contribution >= 0.6 is 12.4 Å². The Balaban J connectivity index is 0.00000162. The highest BCUT2D eigenvalue weighted by Crippen LogP contribution is 2.08. The lowest BCUT2D eigenvalue weighted by atomic mass is 10.1. The fraction of sp³-hybridized carbons (Fsp3) is 0.833. The molecule has 0 amide bonds. The standard InChI is InChI=1S/C12H22N4O.ClH/c1-9(2)6-11-14-12(17-15-11)8-16-5-4-13-10(3)7-16;/h9-10,13H,4-8H2,1-3H3;1H. The first-order chi connectivity index (χ1) is 8.13. The fourth-order valence-electron chi connectivity index (χ4n) is 2.15. The van der Waals surface area contributed by atoms with Gasteiger partial charge in [0.2, 0.25) is 5.89 Å². The van der Waals surface area contributed by atoms with Crippen molar-refractivity contribution < 1.29 is 4.52 Å². The quantitative estimate of drug-likeness (QED) is 0.901. The van der Waals surface area contributed by atoms with Crippen molar-refractivity contribution in [1.82, 2.24) is 20.4 Å². The van der Waals surface area contributed by atoms with E-state index < -0.39 is 0 Å². The van der Waals surface area contributed by atoms with Gasteiger partial charge in [-0.1, -0.05) is 19.0 Å². The van der Waals surface area contributed by atoms with Gasteiger partial charge < -0.3 is 9.84 Å². The molecule has 0 radical (unpaired) electrons. The molecule has 2 heterocycles. The third kappa shape index (κ3) is 4.55. The van der Waals surface area contributed by atoms with E-state index in [9.17, 15) is 0 Å². The van der Waals surface area contributed by atoms with Gasteiger partial charge in [-0.15, -0.1) is 12.4 Å². The number of halogens is 1. The lowest BCUT2D eigenvalue weighted by molar-refractivity contribution is 0.177. The molecule has 5 nitrogen and oxygen atoms in total. The number of piperazine rings is 1. The van der Waals surface area contributed by atoms with Crippen molar-refractivity contribution in [1.29, 1.82) is 0 Å². The average molecular weight is 275 g/mol. The van der Waals surface area contributed by atoms with Crippen LogP contribution in [0.4, 0.5) is 0 Å². The minimum atomic E-state index is 0. The molecule has 1 fully saturated rings. The SMILES string of the molecule is CC(C)Cc1noc(CN2CCNC(C)C2)n1.Cl. The van der Waals surface area contributed by atoms with E-state index in [4.69, 9.17) is 4.52 Å². The second-order valence-electron chi connectivity index (χ2n) is 5.29. The molecule has 0 spiro atoms. The van der Waals surface area contributed by atoms with E-state index in [1.165, 1.54) is 0 Å². The number of hydrogen-bond donors (Lipinski definition) is 1. The van der Waals surface area contributed by atoms with Crippen LogP contribution in [0.2, 0.25) is 0 Å². The van der Waals surface area contributed by atoms with Gasteiger partial charge in [0, 0.05) is 32.1 Å². The minimum Gasteiger partial charge on any atom is -0.338 e. The Labute approximate surface area is 115 Å². The highest BCUT2D eigenvalue weighted by atomic mass is 35.5. The van der Waals surface area contributed by atoms with Crippen LogP contribution in [0.1, 0.15) is 32.5 Å². The topological polar surface area (TPSA) is 54.2 Å². The third-order valence-corrected chi connectivity index (χ3v) is 2.91. The van der Waals surface area contributed by atoms with Crippen LogP contribution in [-0.2, 0) is 13.0 Å². The first-order valence-electron chi connectivity index (χ1n) is 6.40. The molecule has 1 atom stereocenters. The van der Waals surface area contributed by atoms with Crippen molar-refractivity contribution >= 4 is 12.4 Å². The molecule has 1 saturated heterocycles. The van der Waals surface area contributed by atoms with Gasteiger partial charge >= 0.3 is 0 Å². The first kappa shape index (κ1) is 15.4. The van der Waals surface area contributed by atoms with E-state index in [0.717, 1.165) is 44.3 Å². The van der Waals surface area contributed by atoms with E-state index in [1.54, 1.807) is 0 Å². The second-order valence-corrected chi connectivity index (χ2v) is 5.29. The van der Waals surface area contributed by atoms with E-state index in [2.05, 4.69) is 41.1 Å². The number of rotatable bonds is 4. The highest BCUT2D eigenvalue weighted by Gasteiger charge is 2.18. The van der Waals surface area contributed by atoms with Crippen molar-refractivity contribution in [3.05, 3.63) is 11.7 Å². The Bertz CT molecular complexity index is 356. The molecule has 6 heteroatoms. The molecule has 0 saturated carbocycles. The molecular weight excluding hydrogens is 252 g/mol. The Kier molecular flexibility index (Phi) is 6.05. The summed E-state index contributed by atoms with van der Waals surface area (Å²) in [6, 6.07) is 0.543. The maximum Gasteiger partial charge on any atom is 0.240 e. The van der Waals surface area contributed by atoms with Crippen molar-refractivity contribution in [2.24, 2.45) is 5.92 Å². The van der Waals surface area contributed by atoms with Crippen molar-refractivity contribution in [2.75, 3.05) is 19.6 Å². The molecule has 1 aromatic heterocycles. The first-order valence-corrected chi connectivity index (χ1v) is 6.40. The Morgan fingerprint density at radius 2 is 2.28 bits per heavy atom. The lowest BCUT2D eigenvalue weighted by Gasteiger charge is -2.30. The zero-order chi connectivity index (χ0) is 12.3. The molecule has 0 aliphatic carbocycles. The maximum absolute atomic E-state index is 5.28. The van der Waals surface area contributed by atoms with Gasteiger partial charge in [-0.3, -0.25) is 4.90 Å². The van der Waals surface area contributed by atoms with Crippen molar-refractivity contribution in [3.8, 4) is 0 Å². The van der Waals surface area contributed by atoms with Gasteiger partial charge in [0.1, 0.15) is 0 Å². The summed E-state index contributed by atoms with van der Waals surface area (Å²) in [5.41, 5.74) is 0. The molecule has 0 bridgehead atoms. The van der Waals surface area contributed by atoms with Gasteiger partial charge in [0.05, 0.1) is 6.54 Å². The number of hydrogen-bond acceptors (Lipinski definition) is 5. The predicted molar refractivity (Wildman–Crippen MR) is 72.8 cm³/mol. The van der Waals surface area contributed by atoms with Gasteiger partial charge in [-0.2, -0.15) is 4.98 Å². The third-order valence-electron chi connectivity index (χ3n) is 2.91. The van der Waals surface area contributed by atoms with Crippen LogP contribution in [0.3, 0.4) is 0 Å². The molecule has 0 aromatic carbocycles. The monoisotopic (exact) mass is 274 g/mol. The number of nitrogens with zero attached hydrogens (tertiary/aromatic N) is 3. The van der Waals surface area contributed by atoms with E-state index >= 15 is 0 Å². The normalized spacial score (nSPS) is 21.0. The van der Waals surface area contributed by atoms with Gasteiger partial charge in [-0.05, 0) is 12.8 Å². The Morgan fingerprint density at radius 1 is 1.50 bits per heavy atom. The summed E-state index contributed by atoms with van der Waals surface area (Å²) in [7, 11) is 0. The van der Waals surface area contributed by atoms with E-state index in [0.29, 0.717) is 12.0 Å². The summed E-state index contributed by atoms with van der Waals surface area (Å²) >= 11 is 0. The number of aromatic nitrogens is 2. The summed E-state index contributed by atoms with van der Waals surface area (Å²) in [5, 5.41) is 7.43. The smallest absolute Gasteiger partial charge is 0.240 e. The Morgan fingerprint density at radius 3 is 2.94 bits per heavy atom. The van der Waals surface area contributed by atoms with Crippen molar-refractivity contribution in [2.45, 2.75) is 39.8 Å². The molecule has 1 unspecified atom stereocenters. The van der Waals surface area contributed by atoms with Crippen LogP contribution in [0, 0.1) is 5.92 Å². The van der Waals surface area contributed by atoms with Gasteiger partial charge in [0.25, 0.3) is 0 Å². The van der Waals surface area contributed by atoms with Crippen LogP contribution in [0.5, 0.6) is 0 Å². The van der Waals surface area contributed by atoms with Gasteiger partial charge in [0.15, 0.2) is 5.82 Å². The highest BCUT2D eigenvalue weighted by molar-refractivity contribution is 5.85. The molecule has 104 valence electrons. The average Bonchev–Trinajstić information content (AvgIpc) is 2.64. The van der Waals surface area contributed by atoms with Crippen LogP contribution < -0.4 is 5.32 Å². The maximum atomic E-state index is 5.28. The minimum absolute atomic E-state index is 0. The molecule has 1 aromatic rings. The summed E-state index contributed by atoms with van der Waals surface area (Å²) in [6.07, 6.45) is 0.890.